The minimum atomic E-state index is 0.166. The molecule has 0 unspecified atom stereocenters. The number of nitrogens with zero attached hydrogens (tertiary/aromatic N) is 2. The fourth-order valence-corrected chi connectivity index (χ4v) is 2.81. The van der Waals surface area contributed by atoms with Gasteiger partial charge < -0.3 is 15.0 Å². The number of aromatic amines is 1. The van der Waals surface area contributed by atoms with E-state index in [-0.39, 0.29) is 6.10 Å². The molecule has 0 spiro atoms. The van der Waals surface area contributed by atoms with Crippen LogP contribution in [0.15, 0.2) is 67.1 Å². The molecule has 0 saturated heterocycles. The molecule has 3 aromatic heterocycles. The lowest BCUT2D eigenvalue weighted by atomic mass is 10.2. The molecule has 0 radical (unpaired) electrons. The Morgan fingerprint density at radius 1 is 1.04 bits per heavy atom. The fraction of sp³-hybridized carbons (Fsp3) is 0.143. The molecule has 4 rings (SSSR count). The highest BCUT2D eigenvalue weighted by molar-refractivity contribution is 5.87. The number of aromatic nitrogens is 3. The second-order valence-corrected chi connectivity index (χ2v) is 6.40. The average molecular weight is 344 g/mol. The maximum Gasteiger partial charge on any atom is 0.132 e. The van der Waals surface area contributed by atoms with E-state index in [4.69, 9.17) is 4.74 Å². The minimum absolute atomic E-state index is 0.166. The summed E-state index contributed by atoms with van der Waals surface area (Å²) in [5, 5.41) is 4.39. The van der Waals surface area contributed by atoms with Crippen LogP contribution < -0.4 is 10.1 Å². The number of fused-ring (bicyclic) bond motifs is 1. The third-order valence-corrected chi connectivity index (χ3v) is 3.98. The lowest BCUT2D eigenvalue weighted by molar-refractivity contribution is 0.242. The van der Waals surface area contributed by atoms with Gasteiger partial charge in [-0.2, -0.15) is 0 Å². The van der Waals surface area contributed by atoms with E-state index in [1.807, 2.05) is 68.7 Å². The van der Waals surface area contributed by atoms with E-state index in [0.717, 1.165) is 39.4 Å². The van der Waals surface area contributed by atoms with E-state index in [9.17, 15) is 0 Å². The van der Waals surface area contributed by atoms with Crippen LogP contribution in [-0.2, 0) is 0 Å². The number of ether oxygens (including phenoxy) is 1. The van der Waals surface area contributed by atoms with Gasteiger partial charge in [0.2, 0.25) is 0 Å². The van der Waals surface area contributed by atoms with Crippen molar-refractivity contribution in [1.29, 1.82) is 0 Å². The highest BCUT2D eigenvalue weighted by Crippen LogP contribution is 2.26. The maximum atomic E-state index is 5.67. The molecule has 4 aromatic rings. The number of nitrogens with one attached hydrogen (secondary N) is 2. The van der Waals surface area contributed by atoms with Gasteiger partial charge in [-0.1, -0.05) is 0 Å². The van der Waals surface area contributed by atoms with Crippen molar-refractivity contribution in [3.63, 3.8) is 0 Å². The van der Waals surface area contributed by atoms with E-state index in [1.165, 1.54) is 0 Å². The van der Waals surface area contributed by atoms with E-state index >= 15 is 0 Å². The SMILES string of the molecule is CC(C)Oc1ccc(Nc2cc3[nH]c(-c4cccnc4)cc3cn2)cc1. The smallest absolute Gasteiger partial charge is 0.132 e. The zero-order valence-electron chi connectivity index (χ0n) is 14.7. The van der Waals surface area contributed by atoms with Crippen molar-refractivity contribution in [2.45, 2.75) is 20.0 Å². The highest BCUT2D eigenvalue weighted by Gasteiger charge is 2.06. The summed E-state index contributed by atoms with van der Waals surface area (Å²) in [4.78, 5) is 12.1. The van der Waals surface area contributed by atoms with Gasteiger partial charge in [-0.15, -0.1) is 0 Å². The lowest BCUT2D eigenvalue weighted by Gasteiger charge is -2.10. The summed E-state index contributed by atoms with van der Waals surface area (Å²) in [6.07, 6.45) is 5.65. The number of H-pyrrole nitrogens is 1. The van der Waals surface area contributed by atoms with E-state index in [0.29, 0.717) is 0 Å². The molecule has 0 aliphatic rings. The van der Waals surface area contributed by atoms with Crippen LogP contribution in [0.2, 0.25) is 0 Å². The molecular formula is C21H20N4O. The quantitative estimate of drug-likeness (QED) is 0.525. The van der Waals surface area contributed by atoms with E-state index in [1.54, 1.807) is 6.20 Å². The summed E-state index contributed by atoms with van der Waals surface area (Å²) in [5.74, 6) is 1.65. The van der Waals surface area contributed by atoms with E-state index < -0.39 is 0 Å². The van der Waals surface area contributed by atoms with Gasteiger partial charge in [0, 0.05) is 47.0 Å². The summed E-state index contributed by atoms with van der Waals surface area (Å²) in [6.45, 7) is 4.03. The Morgan fingerprint density at radius 2 is 1.88 bits per heavy atom. The number of pyridine rings is 2. The Balaban J connectivity index is 1.55. The molecule has 0 fully saturated rings. The Bertz CT molecular complexity index is 1010. The van der Waals surface area contributed by atoms with Gasteiger partial charge in [-0.3, -0.25) is 4.98 Å². The topological polar surface area (TPSA) is 62.8 Å². The van der Waals surface area contributed by atoms with Crippen molar-refractivity contribution in [1.82, 2.24) is 15.0 Å². The summed E-state index contributed by atoms with van der Waals surface area (Å²) in [5.41, 5.74) is 4.08. The Morgan fingerprint density at radius 3 is 2.62 bits per heavy atom. The molecule has 2 N–H and O–H groups in total. The van der Waals surface area contributed by atoms with Gasteiger partial charge >= 0.3 is 0 Å². The van der Waals surface area contributed by atoms with Crippen LogP contribution in [0, 0.1) is 0 Å². The third kappa shape index (κ3) is 3.52. The van der Waals surface area contributed by atoms with Crippen LogP contribution in [-0.4, -0.2) is 21.1 Å². The van der Waals surface area contributed by atoms with Gasteiger partial charge in [0.05, 0.1) is 11.6 Å². The molecule has 130 valence electrons. The molecule has 0 atom stereocenters. The van der Waals surface area contributed by atoms with Crippen LogP contribution in [0.25, 0.3) is 22.2 Å². The van der Waals surface area contributed by atoms with Crippen molar-refractivity contribution in [2.24, 2.45) is 0 Å². The molecule has 0 amide bonds. The summed E-state index contributed by atoms with van der Waals surface area (Å²) >= 11 is 0. The molecule has 0 aliphatic heterocycles. The highest BCUT2D eigenvalue weighted by atomic mass is 16.5. The van der Waals surface area contributed by atoms with Gasteiger partial charge in [-0.05, 0) is 56.3 Å². The monoisotopic (exact) mass is 344 g/mol. The predicted octanol–water partition coefficient (Wildman–Crippen LogP) is 5.16. The van der Waals surface area contributed by atoms with Gasteiger partial charge in [0.1, 0.15) is 11.6 Å². The van der Waals surface area contributed by atoms with E-state index in [2.05, 4.69) is 26.3 Å². The molecule has 26 heavy (non-hydrogen) atoms. The molecule has 5 nitrogen and oxygen atoms in total. The van der Waals surface area contributed by atoms with Gasteiger partial charge in [0.25, 0.3) is 0 Å². The Kier molecular flexibility index (Phi) is 4.27. The van der Waals surface area contributed by atoms with Crippen LogP contribution in [0.4, 0.5) is 11.5 Å². The first-order valence-corrected chi connectivity index (χ1v) is 8.60. The first-order valence-electron chi connectivity index (χ1n) is 8.60. The summed E-state index contributed by atoms with van der Waals surface area (Å²) < 4.78 is 5.67. The molecule has 5 heteroatoms. The number of hydrogen-bond donors (Lipinski definition) is 2. The molecule has 0 aliphatic carbocycles. The van der Waals surface area contributed by atoms with Crippen molar-refractivity contribution in [3.8, 4) is 17.0 Å². The van der Waals surface area contributed by atoms with Crippen molar-refractivity contribution in [3.05, 3.63) is 67.1 Å². The number of anilines is 2. The zero-order valence-corrected chi connectivity index (χ0v) is 14.7. The van der Waals surface area contributed by atoms with Crippen LogP contribution in [0.3, 0.4) is 0 Å². The van der Waals surface area contributed by atoms with Crippen LogP contribution in [0.1, 0.15) is 13.8 Å². The minimum Gasteiger partial charge on any atom is -0.491 e. The van der Waals surface area contributed by atoms with Crippen molar-refractivity contribution < 1.29 is 4.74 Å². The molecule has 3 heterocycles. The normalized spacial score (nSPS) is 11.0. The molecular weight excluding hydrogens is 324 g/mol. The summed E-state index contributed by atoms with van der Waals surface area (Å²) in [7, 11) is 0. The van der Waals surface area contributed by atoms with Crippen molar-refractivity contribution >= 4 is 22.4 Å². The predicted molar refractivity (Wildman–Crippen MR) is 105 cm³/mol. The first-order chi connectivity index (χ1) is 12.7. The molecule has 0 bridgehead atoms. The Hall–Kier alpha value is -3.34. The van der Waals surface area contributed by atoms with Gasteiger partial charge in [-0.25, -0.2) is 4.98 Å². The van der Waals surface area contributed by atoms with Crippen LogP contribution >= 0.6 is 0 Å². The molecule has 1 aromatic carbocycles. The summed E-state index contributed by atoms with van der Waals surface area (Å²) in [6, 6.07) is 15.9. The largest absolute Gasteiger partial charge is 0.491 e. The third-order valence-electron chi connectivity index (χ3n) is 3.98. The second-order valence-electron chi connectivity index (χ2n) is 6.40. The number of hydrogen-bond acceptors (Lipinski definition) is 4. The van der Waals surface area contributed by atoms with Gasteiger partial charge in [0.15, 0.2) is 0 Å². The van der Waals surface area contributed by atoms with Crippen molar-refractivity contribution in [2.75, 3.05) is 5.32 Å². The first kappa shape index (κ1) is 16.1. The van der Waals surface area contributed by atoms with Crippen LogP contribution in [0.5, 0.6) is 5.75 Å². The average Bonchev–Trinajstić information content (AvgIpc) is 3.07. The maximum absolute atomic E-state index is 5.67. The standard InChI is InChI=1S/C21H20N4O/c1-14(2)26-18-7-5-17(6-8-18)24-21-11-20-16(13-23-21)10-19(25-20)15-4-3-9-22-12-15/h3-14,25H,1-2H3,(H,23,24). The molecule has 0 saturated carbocycles. The number of rotatable bonds is 5. The zero-order chi connectivity index (χ0) is 17.9. The fourth-order valence-electron chi connectivity index (χ4n) is 2.81. The number of benzene rings is 1. The Labute approximate surface area is 152 Å². The second kappa shape index (κ2) is 6.88. The lowest BCUT2D eigenvalue weighted by Crippen LogP contribution is -2.05.